The molecule has 2 unspecified atom stereocenters. The molecule has 1 aliphatic carbocycles. The van der Waals surface area contributed by atoms with Gasteiger partial charge >= 0.3 is 0 Å². The zero-order valence-corrected chi connectivity index (χ0v) is 10.4. The maximum absolute atomic E-state index is 9.84. The minimum Gasteiger partial charge on any atom is -0.391 e. The van der Waals surface area contributed by atoms with Crippen LogP contribution in [0.3, 0.4) is 0 Å². The van der Waals surface area contributed by atoms with Gasteiger partial charge in [0.2, 0.25) is 17.2 Å². The van der Waals surface area contributed by atoms with E-state index in [1.54, 1.807) is 7.05 Å². The third-order valence-electron chi connectivity index (χ3n) is 2.88. The molecule has 1 heterocycles. The SMILES string of the molecule is CNc1nc(Cl)nc(NC2CCCCC2O)n1. The maximum Gasteiger partial charge on any atom is 0.229 e. The number of halogens is 1. The van der Waals surface area contributed by atoms with E-state index in [0.717, 1.165) is 25.7 Å². The topological polar surface area (TPSA) is 83.0 Å². The molecule has 6 nitrogen and oxygen atoms in total. The lowest BCUT2D eigenvalue weighted by Crippen LogP contribution is -2.36. The standard InChI is InChI=1S/C10H16ClN5O/c1-12-9-14-8(11)15-10(16-9)13-6-4-2-3-5-7(6)17/h6-7,17H,2-5H2,1H3,(H2,12,13,14,15,16). The average Bonchev–Trinajstić information content (AvgIpc) is 2.31. The van der Waals surface area contributed by atoms with Crippen molar-refractivity contribution in [2.75, 3.05) is 17.7 Å². The average molecular weight is 258 g/mol. The van der Waals surface area contributed by atoms with Crippen LogP contribution in [0.1, 0.15) is 25.7 Å². The van der Waals surface area contributed by atoms with Crippen molar-refractivity contribution >= 4 is 23.5 Å². The van der Waals surface area contributed by atoms with Gasteiger partial charge in [-0.3, -0.25) is 0 Å². The summed E-state index contributed by atoms with van der Waals surface area (Å²) < 4.78 is 0. The number of aliphatic hydroxyl groups is 1. The van der Waals surface area contributed by atoms with Crippen molar-refractivity contribution in [1.82, 2.24) is 15.0 Å². The summed E-state index contributed by atoms with van der Waals surface area (Å²) in [6.45, 7) is 0. The number of anilines is 2. The van der Waals surface area contributed by atoms with Gasteiger partial charge in [-0.2, -0.15) is 15.0 Å². The van der Waals surface area contributed by atoms with Crippen LogP contribution in [-0.4, -0.2) is 39.3 Å². The van der Waals surface area contributed by atoms with Crippen LogP contribution in [-0.2, 0) is 0 Å². The first-order valence-corrected chi connectivity index (χ1v) is 6.11. The minimum absolute atomic E-state index is 0.00748. The van der Waals surface area contributed by atoms with Gasteiger partial charge in [-0.25, -0.2) is 0 Å². The molecule has 1 aliphatic rings. The molecule has 2 rings (SSSR count). The number of nitrogens with one attached hydrogen (secondary N) is 2. The van der Waals surface area contributed by atoms with E-state index in [2.05, 4.69) is 25.6 Å². The van der Waals surface area contributed by atoms with Gasteiger partial charge < -0.3 is 15.7 Å². The second-order valence-corrected chi connectivity index (χ2v) is 4.44. The molecular weight excluding hydrogens is 242 g/mol. The second kappa shape index (κ2) is 5.46. The van der Waals surface area contributed by atoms with Gasteiger partial charge in [0.05, 0.1) is 12.1 Å². The van der Waals surface area contributed by atoms with Crippen LogP contribution >= 0.6 is 11.6 Å². The van der Waals surface area contributed by atoms with E-state index < -0.39 is 0 Å². The van der Waals surface area contributed by atoms with E-state index in [0.29, 0.717) is 11.9 Å². The van der Waals surface area contributed by atoms with Crippen LogP contribution in [0.25, 0.3) is 0 Å². The van der Waals surface area contributed by atoms with Gasteiger partial charge in [-0.1, -0.05) is 12.8 Å². The summed E-state index contributed by atoms with van der Waals surface area (Å²) in [5.74, 6) is 0.818. The van der Waals surface area contributed by atoms with E-state index in [9.17, 15) is 5.11 Å². The van der Waals surface area contributed by atoms with Gasteiger partial charge in [-0.05, 0) is 24.4 Å². The van der Waals surface area contributed by atoms with Crippen LogP contribution in [0.15, 0.2) is 0 Å². The Morgan fingerprint density at radius 1 is 1.18 bits per heavy atom. The van der Waals surface area contributed by atoms with Crippen molar-refractivity contribution in [3.05, 3.63) is 5.28 Å². The van der Waals surface area contributed by atoms with Crippen LogP contribution in [0, 0.1) is 0 Å². The summed E-state index contributed by atoms with van der Waals surface area (Å²) in [4.78, 5) is 12.0. The summed E-state index contributed by atoms with van der Waals surface area (Å²) in [7, 11) is 1.71. The normalized spacial score (nSPS) is 24.4. The molecule has 3 N–H and O–H groups in total. The lowest BCUT2D eigenvalue weighted by atomic mass is 9.93. The lowest BCUT2D eigenvalue weighted by molar-refractivity contribution is 0.116. The Hall–Kier alpha value is -1.14. The van der Waals surface area contributed by atoms with Gasteiger partial charge in [0, 0.05) is 7.05 Å². The Labute approximate surface area is 105 Å². The third kappa shape index (κ3) is 3.17. The van der Waals surface area contributed by atoms with Crippen molar-refractivity contribution in [1.29, 1.82) is 0 Å². The lowest BCUT2D eigenvalue weighted by Gasteiger charge is -2.28. The fraction of sp³-hybridized carbons (Fsp3) is 0.700. The molecule has 0 spiro atoms. The Morgan fingerprint density at radius 3 is 2.59 bits per heavy atom. The Balaban J connectivity index is 2.09. The van der Waals surface area contributed by atoms with E-state index >= 15 is 0 Å². The highest BCUT2D eigenvalue weighted by Crippen LogP contribution is 2.21. The zero-order chi connectivity index (χ0) is 12.3. The van der Waals surface area contributed by atoms with Gasteiger partial charge in [0.15, 0.2) is 0 Å². The summed E-state index contributed by atoms with van der Waals surface area (Å²) in [6, 6.07) is -0.00748. The number of aliphatic hydroxyl groups excluding tert-OH is 1. The summed E-state index contributed by atoms with van der Waals surface area (Å²) in [6.07, 6.45) is 3.55. The number of rotatable bonds is 3. The van der Waals surface area contributed by atoms with E-state index in [-0.39, 0.29) is 17.4 Å². The molecular formula is C10H16ClN5O. The highest BCUT2D eigenvalue weighted by Gasteiger charge is 2.23. The van der Waals surface area contributed by atoms with Crippen LogP contribution in [0.4, 0.5) is 11.9 Å². The van der Waals surface area contributed by atoms with Gasteiger partial charge in [0.25, 0.3) is 0 Å². The van der Waals surface area contributed by atoms with Crippen LogP contribution < -0.4 is 10.6 Å². The van der Waals surface area contributed by atoms with Crippen molar-refractivity contribution in [2.24, 2.45) is 0 Å². The monoisotopic (exact) mass is 257 g/mol. The molecule has 0 saturated heterocycles. The largest absolute Gasteiger partial charge is 0.391 e. The van der Waals surface area contributed by atoms with E-state index in [4.69, 9.17) is 11.6 Å². The molecule has 1 aromatic rings. The molecule has 1 aromatic heterocycles. The molecule has 2 atom stereocenters. The van der Waals surface area contributed by atoms with E-state index in [1.807, 2.05) is 0 Å². The van der Waals surface area contributed by atoms with E-state index in [1.165, 1.54) is 0 Å². The van der Waals surface area contributed by atoms with Crippen molar-refractivity contribution in [2.45, 2.75) is 37.8 Å². The number of nitrogens with zero attached hydrogens (tertiary/aromatic N) is 3. The number of aromatic nitrogens is 3. The predicted octanol–water partition coefficient (Wildman–Crippen LogP) is 1.28. The van der Waals surface area contributed by atoms with Crippen molar-refractivity contribution in [3.63, 3.8) is 0 Å². The molecule has 17 heavy (non-hydrogen) atoms. The molecule has 0 aliphatic heterocycles. The molecule has 1 saturated carbocycles. The number of hydrogen-bond donors (Lipinski definition) is 3. The first kappa shape index (κ1) is 12.3. The molecule has 0 aromatic carbocycles. The van der Waals surface area contributed by atoms with Gasteiger partial charge in [0.1, 0.15) is 0 Å². The quantitative estimate of drug-likeness (QED) is 0.757. The summed E-state index contributed by atoms with van der Waals surface area (Å²) in [5, 5.41) is 15.9. The molecule has 0 bridgehead atoms. The molecule has 1 fully saturated rings. The smallest absolute Gasteiger partial charge is 0.229 e. The predicted molar refractivity (Wildman–Crippen MR) is 66.3 cm³/mol. The third-order valence-corrected chi connectivity index (χ3v) is 3.04. The summed E-state index contributed by atoms with van der Waals surface area (Å²) >= 11 is 5.78. The second-order valence-electron chi connectivity index (χ2n) is 4.10. The minimum atomic E-state index is -0.350. The first-order chi connectivity index (χ1) is 8.19. The molecule has 0 radical (unpaired) electrons. The highest BCUT2D eigenvalue weighted by molar-refractivity contribution is 6.28. The highest BCUT2D eigenvalue weighted by atomic mass is 35.5. The van der Waals surface area contributed by atoms with Crippen molar-refractivity contribution in [3.8, 4) is 0 Å². The Kier molecular flexibility index (Phi) is 3.96. The molecule has 94 valence electrons. The molecule has 0 amide bonds. The Bertz CT molecular complexity index is 389. The van der Waals surface area contributed by atoms with Crippen LogP contribution in [0.5, 0.6) is 0 Å². The maximum atomic E-state index is 9.84. The first-order valence-electron chi connectivity index (χ1n) is 5.73. The van der Waals surface area contributed by atoms with Crippen LogP contribution in [0.2, 0.25) is 5.28 Å². The van der Waals surface area contributed by atoms with Gasteiger partial charge in [-0.15, -0.1) is 0 Å². The number of hydrogen-bond acceptors (Lipinski definition) is 6. The Morgan fingerprint density at radius 2 is 1.88 bits per heavy atom. The fourth-order valence-electron chi connectivity index (χ4n) is 1.97. The fourth-order valence-corrected chi connectivity index (χ4v) is 2.13. The zero-order valence-electron chi connectivity index (χ0n) is 9.65. The van der Waals surface area contributed by atoms with Crippen molar-refractivity contribution < 1.29 is 5.11 Å². The molecule has 7 heteroatoms. The summed E-state index contributed by atoms with van der Waals surface area (Å²) in [5.41, 5.74) is 0.